The number of hydrogen-bond acceptors (Lipinski definition) is 2. The van der Waals surface area contributed by atoms with Crippen LogP contribution < -0.4 is 5.73 Å². The van der Waals surface area contributed by atoms with Crippen LogP contribution in [0.1, 0.15) is 31.2 Å². The summed E-state index contributed by atoms with van der Waals surface area (Å²) in [6, 6.07) is 11.2. The smallest absolute Gasteiger partial charge is 0.0742 e. The zero-order valence-corrected chi connectivity index (χ0v) is 11.1. The van der Waals surface area contributed by atoms with Crippen LogP contribution in [0.15, 0.2) is 30.3 Å². The molecule has 1 aliphatic heterocycles. The Kier molecular flexibility index (Phi) is 4.13. The van der Waals surface area contributed by atoms with Crippen LogP contribution >= 0.6 is 12.2 Å². The van der Waals surface area contributed by atoms with Crippen LogP contribution in [-0.4, -0.2) is 29.0 Å². The molecule has 1 heterocycles. The van der Waals surface area contributed by atoms with E-state index in [4.69, 9.17) is 18.0 Å². The lowest BCUT2D eigenvalue weighted by Crippen LogP contribution is -2.33. The fourth-order valence-corrected chi connectivity index (χ4v) is 2.85. The fourth-order valence-electron chi connectivity index (χ4n) is 2.61. The van der Waals surface area contributed by atoms with Crippen LogP contribution in [0.4, 0.5) is 0 Å². The van der Waals surface area contributed by atoms with E-state index >= 15 is 0 Å². The highest BCUT2D eigenvalue weighted by molar-refractivity contribution is 7.80. The Bertz CT molecular complexity index is 377. The summed E-state index contributed by atoms with van der Waals surface area (Å²) >= 11 is 4.98. The second-order valence-corrected chi connectivity index (χ2v) is 5.44. The lowest BCUT2D eigenvalue weighted by molar-refractivity contribution is 0.262. The van der Waals surface area contributed by atoms with Crippen LogP contribution in [0.5, 0.6) is 0 Å². The second kappa shape index (κ2) is 5.61. The van der Waals surface area contributed by atoms with Gasteiger partial charge in [0.1, 0.15) is 0 Å². The van der Waals surface area contributed by atoms with E-state index in [1.54, 1.807) is 0 Å². The van der Waals surface area contributed by atoms with Crippen LogP contribution in [0.25, 0.3) is 0 Å². The predicted molar refractivity (Wildman–Crippen MR) is 76.2 cm³/mol. The summed E-state index contributed by atoms with van der Waals surface area (Å²) in [6.45, 7) is 4.50. The second-order valence-electron chi connectivity index (χ2n) is 4.91. The highest BCUT2D eigenvalue weighted by Crippen LogP contribution is 2.28. The SMILES string of the molecule is CC(CC(N)=S)N1CCC(c2ccccc2)C1. The molecule has 92 valence electrons. The molecule has 1 saturated heterocycles. The maximum absolute atomic E-state index is 5.61. The Morgan fingerprint density at radius 1 is 1.47 bits per heavy atom. The average molecular weight is 248 g/mol. The predicted octanol–water partition coefficient (Wildman–Crippen LogP) is 2.54. The van der Waals surface area contributed by atoms with Crippen molar-refractivity contribution in [3.63, 3.8) is 0 Å². The van der Waals surface area contributed by atoms with E-state index in [-0.39, 0.29) is 0 Å². The van der Waals surface area contributed by atoms with Crippen molar-refractivity contribution in [3.05, 3.63) is 35.9 Å². The number of likely N-dealkylation sites (tertiary alicyclic amines) is 1. The first-order valence-corrected chi connectivity index (χ1v) is 6.65. The van der Waals surface area contributed by atoms with Gasteiger partial charge in [-0.15, -0.1) is 0 Å². The third-order valence-corrected chi connectivity index (χ3v) is 3.78. The minimum Gasteiger partial charge on any atom is -0.393 e. The molecular weight excluding hydrogens is 228 g/mol. The Balaban J connectivity index is 1.94. The molecule has 1 aromatic rings. The van der Waals surface area contributed by atoms with Crippen LogP contribution in [0.2, 0.25) is 0 Å². The molecule has 1 aliphatic rings. The topological polar surface area (TPSA) is 29.3 Å². The molecule has 0 aromatic heterocycles. The number of rotatable bonds is 4. The van der Waals surface area contributed by atoms with E-state index < -0.39 is 0 Å². The number of benzene rings is 1. The third-order valence-electron chi connectivity index (χ3n) is 3.61. The van der Waals surface area contributed by atoms with Gasteiger partial charge in [-0.1, -0.05) is 42.5 Å². The Hall–Kier alpha value is -0.930. The Labute approximate surface area is 109 Å². The molecule has 17 heavy (non-hydrogen) atoms. The van der Waals surface area contributed by atoms with E-state index in [9.17, 15) is 0 Å². The minimum absolute atomic E-state index is 0.473. The summed E-state index contributed by atoms with van der Waals surface area (Å²) in [5.74, 6) is 0.671. The van der Waals surface area contributed by atoms with Gasteiger partial charge in [-0.3, -0.25) is 4.90 Å². The minimum atomic E-state index is 0.473. The van der Waals surface area contributed by atoms with E-state index in [1.165, 1.54) is 12.0 Å². The van der Waals surface area contributed by atoms with Gasteiger partial charge in [0.25, 0.3) is 0 Å². The molecule has 3 heteroatoms. The highest BCUT2D eigenvalue weighted by Gasteiger charge is 2.26. The molecule has 2 nitrogen and oxygen atoms in total. The van der Waals surface area contributed by atoms with Gasteiger partial charge in [-0.25, -0.2) is 0 Å². The van der Waals surface area contributed by atoms with Crippen molar-refractivity contribution in [2.45, 2.75) is 31.7 Å². The van der Waals surface area contributed by atoms with Crippen molar-refractivity contribution in [2.24, 2.45) is 5.73 Å². The number of nitrogens with two attached hydrogens (primary N) is 1. The molecule has 0 saturated carbocycles. The average Bonchev–Trinajstić information content (AvgIpc) is 2.78. The van der Waals surface area contributed by atoms with Gasteiger partial charge in [0.05, 0.1) is 4.99 Å². The van der Waals surface area contributed by atoms with E-state index in [0.717, 1.165) is 19.5 Å². The van der Waals surface area contributed by atoms with Crippen molar-refractivity contribution in [1.29, 1.82) is 0 Å². The van der Waals surface area contributed by atoms with Crippen LogP contribution in [0.3, 0.4) is 0 Å². The maximum Gasteiger partial charge on any atom is 0.0742 e. The molecular formula is C14H20N2S. The molecule has 2 atom stereocenters. The van der Waals surface area contributed by atoms with Crippen molar-refractivity contribution in [2.75, 3.05) is 13.1 Å². The third kappa shape index (κ3) is 3.27. The Morgan fingerprint density at radius 3 is 2.82 bits per heavy atom. The fraction of sp³-hybridized carbons (Fsp3) is 0.500. The molecule has 0 radical (unpaired) electrons. The highest BCUT2D eigenvalue weighted by atomic mass is 32.1. The number of hydrogen-bond donors (Lipinski definition) is 1. The molecule has 1 aromatic carbocycles. The largest absolute Gasteiger partial charge is 0.393 e. The first-order chi connectivity index (χ1) is 8.16. The summed E-state index contributed by atoms with van der Waals surface area (Å²) in [5.41, 5.74) is 7.07. The maximum atomic E-state index is 5.61. The molecule has 2 rings (SSSR count). The summed E-state index contributed by atoms with van der Waals surface area (Å²) in [4.78, 5) is 3.12. The van der Waals surface area contributed by atoms with Gasteiger partial charge in [0.15, 0.2) is 0 Å². The normalized spacial score (nSPS) is 22.5. The van der Waals surface area contributed by atoms with Crippen molar-refractivity contribution < 1.29 is 0 Å². The van der Waals surface area contributed by atoms with Crippen LogP contribution in [-0.2, 0) is 0 Å². The zero-order valence-electron chi connectivity index (χ0n) is 10.3. The summed E-state index contributed by atoms with van der Waals surface area (Å²) < 4.78 is 0. The van der Waals surface area contributed by atoms with Gasteiger partial charge in [-0.05, 0) is 31.4 Å². The molecule has 2 unspecified atom stereocenters. The van der Waals surface area contributed by atoms with E-state index in [0.29, 0.717) is 16.9 Å². The van der Waals surface area contributed by atoms with E-state index in [1.807, 2.05) is 0 Å². The molecule has 0 aliphatic carbocycles. The van der Waals surface area contributed by atoms with E-state index in [2.05, 4.69) is 42.2 Å². The summed E-state index contributed by atoms with van der Waals surface area (Å²) in [6.07, 6.45) is 2.07. The van der Waals surface area contributed by atoms with Crippen molar-refractivity contribution >= 4 is 17.2 Å². The van der Waals surface area contributed by atoms with Crippen molar-refractivity contribution in [3.8, 4) is 0 Å². The molecule has 0 amide bonds. The van der Waals surface area contributed by atoms with Crippen molar-refractivity contribution in [1.82, 2.24) is 4.90 Å². The van der Waals surface area contributed by atoms with Crippen LogP contribution in [0, 0.1) is 0 Å². The van der Waals surface area contributed by atoms with Gasteiger partial charge in [-0.2, -0.15) is 0 Å². The zero-order chi connectivity index (χ0) is 12.3. The first kappa shape index (κ1) is 12.5. The molecule has 2 N–H and O–H groups in total. The van der Waals surface area contributed by atoms with Gasteiger partial charge < -0.3 is 5.73 Å². The lowest BCUT2D eigenvalue weighted by atomic mass is 9.99. The number of thiocarbonyl (C=S) groups is 1. The Morgan fingerprint density at radius 2 is 2.18 bits per heavy atom. The number of nitrogens with zero attached hydrogens (tertiary/aromatic N) is 1. The van der Waals surface area contributed by atoms with Gasteiger partial charge >= 0.3 is 0 Å². The summed E-state index contributed by atoms with van der Waals surface area (Å²) in [5, 5.41) is 0. The summed E-state index contributed by atoms with van der Waals surface area (Å²) in [7, 11) is 0. The lowest BCUT2D eigenvalue weighted by Gasteiger charge is -2.23. The first-order valence-electron chi connectivity index (χ1n) is 6.24. The van der Waals surface area contributed by atoms with Gasteiger partial charge in [0, 0.05) is 19.0 Å². The molecule has 0 bridgehead atoms. The quantitative estimate of drug-likeness (QED) is 0.830. The monoisotopic (exact) mass is 248 g/mol. The molecule has 0 spiro atoms. The standard InChI is InChI=1S/C14H20N2S/c1-11(9-14(15)17)16-8-7-13(10-16)12-5-3-2-4-6-12/h2-6,11,13H,7-10H2,1H3,(H2,15,17). The molecule has 1 fully saturated rings. The van der Waals surface area contributed by atoms with Gasteiger partial charge in [0.2, 0.25) is 0 Å².